The quantitative estimate of drug-likeness (QED) is 0.305. The Morgan fingerprint density at radius 3 is 2.48 bits per heavy atom. The summed E-state index contributed by atoms with van der Waals surface area (Å²) in [5.74, 6) is 6.15. The Balaban J connectivity index is 1.67. The molecule has 1 saturated heterocycles. The van der Waals surface area contributed by atoms with Gasteiger partial charge in [-0.15, -0.1) is 0 Å². The molecule has 0 saturated carbocycles. The summed E-state index contributed by atoms with van der Waals surface area (Å²) in [6, 6.07) is 9.30. The molecule has 0 spiro atoms. The van der Waals surface area contributed by atoms with Crippen LogP contribution < -0.4 is 11.2 Å². The van der Waals surface area contributed by atoms with Crippen molar-refractivity contribution in [2.75, 3.05) is 24.3 Å². The third-order valence-corrected chi connectivity index (χ3v) is 6.45. The first-order chi connectivity index (χ1) is 19.0. The highest BCUT2D eigenvalue weighted by Gasteiger charge is 2.36. The van der Waals surface area contributed by atoms with Crippen molar-refractivity contribution >= 4 is 35.4 Å². The topological polar surface area (TPSA) is 142 Å². The lowest BCUT2D eigenvalue weighted by Gasteiger charge is -2.36. The smallest absolute Gasteiger partial charge is 0.410 e. The maximum atomic E-state index is 13.0. The molecule has 1 fully saturated rings. The molecule has 0 unspecified atom stereocenters. The maximum absolute atomic E-state index is 13.0. The lowest BCUT2D eigenvalue weighted by molar-refractivity contribution is 0.00820. The summed E-state index contributed by atoms with van der Waals surface area (Å²) in [7, 11) is 0. The molecule has 2 aromatic heterocycles. The number of nitrogen functional groups attached to an aromatic ring is 1. The molecule has 212 valence electrons. The van der Waals surface area contributed by atoms with Crippen LogP contribution in [-0.4, -0.2) is 56.3 Å². The van der Waals surface area contributed by atoms with Crippen LogP contribution in [0, 0.1) is 0 Å². The molecule has 1 atom stereocenters. The minimum absolute atomic E-state index is 0.0501. The van der Waals surface area contributed by atoms with Crippen molar-refractivity contribution in [2.24, 2.45) is 0 Å². The molecule has 4 rings (SSSR count). The fraction of sp³-hybridized carbons (Fsp3) is 0.393. The number of piperidine rings is 1. The Hall–Kier alpha value is -4.12. The van der Waals surface area contributed by atoms with E-state index in [0.717, 1.165) is 12.8 Å². The van der Waals surface area contributed by atoms with Crippen LogP contribution in [0.4, 0.5) is 10.6 Å². The maximum Gasteiger partial charge on any atom is 0.410 e. The molecule has 1 aromatic carbocycles. The average molecular weight is 569 g/mol. The zero-order chi connectivity index (χ0) is 29.0. The predicted octanol–water partition coefficient (Wildman–Crippen LogP) is 5.20. The number of hydrogen-bond donors (Lipinski definition) is 2. The molecule has 0 aliphatic carbocycles. The molecule has 12 heteroatoms. The number of aromatic nitrogens is 3. The number of anilines is 1. The van der Waals surface area contributed by atoms with Crippen molar-refractivity contribution in [1.82, 2.24) is 19.5 Å². The summed E-state index contributed by atoms with van der Waals surface area (Å²) in [4.78, 5) is 49.2. The second kappa shape index (κ2) is 12.0. The number of benzene rings is 1. The van der Waals surface area contributed by atoms with Gasteiger partial charge in [0.1, 0.15) is 17.1 Å². The van der Waals surface area contributed by atoms with Crippen LogP contribution >= 0.6 is 11.6 Å². The van der Waals surface area contributed by atoms with Crippen LogP contribution in [0.25, 0.3) is 11.3 Å². The van der Waals surface area contributed by atoms with Gasteiger partial charge in [0.2, 0.25) is 0 Å². The largest absolute Gasteiger partial charge is 0.461 e. The molecule has 2 amide bonds. The van der Waals surface area contributed by atoms with Crippen LogP contribution in [-0.2, 0) is 9.47 Å². The zero-order valence-corrected chi connectivity index (χ0v) is 23.7. The zero-order valence-electron chi connectivity index (χ0n) is 22.9. The highest BCUT2D eigenvalue weighted by molar-refractivity contribution is 6.30. The first-order valence-electron chi connectivity index (χ1n) is 13.1. The van der Waals surface area contributed by atoms with E-state index < -0.39 is 23.7 Å². The van der Waals surface area contributed by atoms with Gasteiger partial charge in [0.15, 0.2) is 11.5 Å². The summed E-state index contributed by atoms with van der Waals surface area (Å²) in [6.07, 6.45) is 3.24. The number of amides is 2. The number of pyridine rings is 1. The average Bonchev–Trinajstić information content (AvgIpc) is 3.26. The lowest BCUT2D eigenvalue weighted by atomic mass is 10.0. The van der Waals surface area contributed by atoms with E-state index in [4.69, 9.17) is 31.9 Å². The normalized spacial score (nSPS) is 15.4. The van der Waals surface area contributed by atoms with E-state index in [-0.39, 0.29) is 23.9 Å². The highest BCUT2D eigenvalue weighted by atomic mass is 35.5. The van der Waals surface area contributed by atoms with Crippen molar-refractivity contribution in [3.63, 3.8) is 0 Å². The number of rotatable bonds is 6. The number of nitrogens with two attached hydrogens (primary N) is 1. The fourth-order valence-corrected chi connectivity index (χ4v) is 4.55. The lowest BCUT2D eigenvalue weighted by Crippen LogP contribution is -2.43. The Kier molecular flexibility index (Phi) is 8.63. The molecule has 3 N–H and O–H groups in total. The predicted molar refractivity (Wildman–Crippen MR) is 151 cm³/mol. The van der Waals surface area contributed by atoms with Gasteiger partial charge in [-0.1, -0.05) is 23.7 Å². The van der Waals surface area contributed by atoms with E-state index in [0.29, 0.717) is 40.8 Å². The summed E-state index contributed by atoms with van der Waals surface area (Å²) in [5, 5.41) is 3.17. The number of nitrogens with zero attached hydrogens (tertiary/aromatic N) is 4. The van der Waals surface area contributed by atoms with Gasteiger partial charge in [-0.05, 0) is 71.2 Å². The van der Waals surface area contributed by atoms with Crippen LogP contribution in [0.1, 0.15) is 79.7 Å². The third-order valence-electron chi connectivity index (χ3n) is 6.23. The van der Waals surface area contributed by atoms with Crippen LogP contribution in [0.15, 0.2) is 42.6 Å². The van der Waals surface area contributed by atoms with Gasteiger partial charge in [-0.3, -0.25) is 9.69 Å². The van der Waals surface area contributed by atoms with Crippen molar-refractivity contribution < 1.29 is 23.9 Å². The minimum atomic E-state index is -0.671. The number of carbonyl (C=O) groups excluding carboxylic acids is 3. The number of nitrogens with one attached hydrogen (secondary N) is 1. The van der Waals surface area contributed by atoms with Crippen molar-refractivity contribution in [1.29, 1.82) is 0 Å². The number of esters is 1. The van der Waals surface area contributed by atoms with Gasteiger partial charge in [0.05, 0.1) is 17.7 Å². The molecule has 0 bridgehead atoms. The molecular formula is C28H33ClN6O5. The van der Waals surface area contributed by atoms with Gasteiger partial charge in [0.25, 0.3) is 5.91 Å². The van der Waals surface area contributed by atoms with Gasteiger partial charge < -0.3 is 20.6 Å². The van der Waals surface area contributed by atoms with Crippen molar-refractivity contribution in [2.45, 2.75) is 58.6 Å². The Morgan fingerprint density at radius 1 is 1.12 bits per heavy atom. The fourth-order valence-electron chi connectivity index (χ4n) is 4.44. The van der Waals surface area contributed by atoms with Crippen LogP contribution in [0.5, 0.6) is 0 Å². The standard InChI is InChI=1S/C28H33ClN6O5/c1-5-39-26(37)23-22(17-9-11-18(12-10-17)25(36)32-21-14-13-19(29)16-31-21)33-24(35(23)30)20-8-6-7-15-34(20)27(38)40-28(2,3)4/h9-14,16,20H,5-8,15,30H2,1-4H3,(H,31,32,36)/t20-/m0/s1. The molecule has 1 aliphatic heterocycles. The molecule has 40 heavy (non-hydrogen) atoms. The molecular weight excluding hydrogens is 536 g/mol. The Bertz CT molecular complexity index is 1380. The van der Waals surface area contributed by atoms with Crippen molar-refractivity contribution in [3.8, 4) is 11.3 Å². The summed E-state index contributed by atoms with van der Waals surface area (Å²) in [6.45, 7) is 7.73. The van der Waals surface area contributed by atoms with Gasteiger partial charge in [0, 0.05) is 23.9 Å². The molecule has 1 aliphatic rings. The van der Waals surface area contributed by atoms with E-state index in [2.05, 4.69) is 10.3 Å². The first kappa shape index (κ1) is 28.9. The SMILES string of the molecule is CCOC(=O)c1c(-c2ccc(C(=O)Nc3ccc(Cl)cn3)cc2)nc([C@@H]2CCCCN2C(=O)OC(C)(C)C)n1N. The summed E-state index contributed by atoms with van der Waals surface area (Å²) in [5.41, 5.74) is 0.588. The van der Waals surface area contributed by atoms with Gasteiger partial charge in [-0.2, -0.15) is 0 Å². The van der Waals surface area contributed by atoms with E-state index in [1.807, 2.05) is 0 Å². The number of carbonyl (C=O) groups is 3. The first-order valence-corrected chi connectivity index (χ1v) is 13.4. The summed E-state index contributed by atoms with van der Waals surface area (Å²) < 4.78 is 12.1. The van der Waals surface area contributed by atoms with E-state index in [1.165, 1.54) is 10.9 Å². The molecule has 3 aromatic rings. The number of halogens is 1. The number of ether oxygens (including phenoxy) is 2. The number of hydrogen-bond acceptors (Lipinski definition) is 8. The summed E-state index contributed by atoms with van der Waals surface area (Å²) >= 11 is 5.86. The van der Waals surface area contributed by atoms with Crippen LogP contribution in [0.3, 0.4) is 0 Å². The van der Waals surface area contributed by atoms with Gasteiger partial charge in [-0.25, -0.2) is 24.2 Å². The highest BCUT2D eigenvalue weighted by Crippen LogP contribution is 2.35. The second-order valence-corrected chi connectivity index (χ2v) is 10.8. The number of imidazole rings is 1. The van der Waals surface area contributed by atoms with Gasteiger partial charge >= 0.3 is 12.1 Å². The van der Waals surface area contributed by atoms with Crippen LogP contribution in [0.2, 0.25) is 5.02 Å². The number of likely N-dealkylation sites (tertiary alicyclic amines) is 1. The van der Waals surface area contributed by atoms with Crippen molar-refractivity contribution in [3.05, 3.63) is 64.7 Å². The molecule has 0 radical (unpaired) electrons. The molecule has 3 heterocycles. The van der Waals surface area contributed by atoms with E-state index >= 15 is 0 Å². The monoisotopic (exact) mass is 568 g/mol. The third kappa shape index (κ3) is 6.53. The minimum Gasteiger partial charge on any atom is -0.461 e. The second-order valence-electron chi connectivity index (χ2n) is 10.3. The van der Waals surface area contributed by atoms with E-state index in [1.54, 1.807) is 69.0 Å². The molecule has 11 nitrogen and oxygen atoms in total. The Morgan fingerprint density at radius 2 is 1.85 bits per heavy atom. The van der Waals surface area contributed by atoms with E-state index in [9.17, 15) is 14.4 Å². The Labute approximate surface area is 237 Å².